The van der Waals surface area contributed by atoms with Gasteiger partial charge in [0.25, 0.3) is 5.91 Å². The predicted octanol–water partition coefficient (Wildman–Crippen LogP) is 3.98. The molecule has 9 heteroatoms. The lowest BCUT2D eigenvalue weighted by Gasteiger charge is -2.32. The van der Waals surface area contributed by atoms with Crippen LogP contribution in [-0.2, 0) is 11.0 Å². The summed E-state index contributed by atoms with van der Waals surface area (Å²) in [6, 6.07) is 1.86. The van der Waals surface area contributed by atoms with Crippen molar-refractivity contribution in [3.8, 4) is 0 Å². The molecule has 1 saturated heterocycles. The van der Waals surface area contributed by atoms with E-state index < -0.39 is 23.5 Å². The summed E-state index contributed by atoms with van der Waals surface area (Å²) < 4.78 is 52.0. The monoisotopic (exact) mass is 457 g/mol. The highest BCUT2D eigenvalue weighted by Crippen LogP contribution is 2.37. The first-order chi connectivity index (χ1) is 15.1. The Kier molecular flexibility index (Phi) is 7.79. The molecule has 2 aliphatic rings. The summed E-state index contributed by atoms with van der Waals surface area (Å²) in [7, 11) is 0. The second-order valence-electron chi connectivity index (χ2n) is 9.25. The quantitative estimate of drug-likeness (QED) is 0.609. The zero-order chi connectivity index (χ0) is 23.4. The molecule has 0 bridgehead atoms. The first kappa shape index (κ1) is 24.5. The smallest absolute Gasteiger partial charge is 0.354 e. The lowest BCUT2D eigenvalue weighted by atomic mass is 9.88. The normalized spacial score (nSPS) is 19.7. The van der Waals surface area contributed by atoms with Gasteiger partial charge in [0.2, 0.25) is 5.91 Å². The lowest BCUT2D eigenvalue weighted by molar-refractivity contribution is -0.137. The van der Waals surface area contributed by atoms with Gasteiger partial charge >= 0.3 is 6.18 Å². The Balaban J connectivity index is 1.38. The summed E-state index contributed by atoms with van der Waals surface area (Å²) in [5.41, 5.74) is -1.74. The Bertz CT molecular complexity index is 814. The van der Waals surface area contributed by atoms with E-state index in [4.69, 9.17) is 0 Å². The van der Waals surface area contributed by atoms with Crippen LogP contribution in [0.1, 0.15) is 61.4 Å². The third-order valence-corrected chi connectivity index (χ3v) is 6.71. The van der Waals surface area contributed by atoms with E-state index >= 15 is 0 Å². The van der Waals surface area contributed by atoms with E-state index in [2.05, 4.69) is 15.5 Å². The standard InChI is InChI=1S/C23H31F4N3O2/c1-22(6-2-3-7-22)21(32)28-8-11-30-9-4-16(5-10-30)15-29-20(31)17-12-18(23(25,26)27)14-19(24)13-17/h12-14,16H,2-11,15H2,1H3,(H,28,32)(H,29,31). The number of alkyl halides is 3. The van der Waals surface area contributed by atoms with Crippen LogP contribution in [0, 0.1) is 17.2 Å². The molecular formula is C23H31F4N3O2. The minimum absolute atomic E-state index is 0.138. The van der Waals surface area contributed by atoms with Crippen molar-refractivity contribution in [2.75, 3.05) is 32.7 Å². The van der Waals surface area contributed by atoms with Crippen molar-refractivity contribution in [3.63, 3.8) is 0 Å². The number of carbonyl (C=O) groups is 2. The van der Waals surface area contributed by atoms with Gasteiger partial charge in [-0.25, -0.2) is 4.39 Å². The highest BCUT2D eigenvalue weighted by Gasteiger charge is 2.36. The van der Waals surface area contributed by atoms with Crippen LogP contribution in [0.2, 0.25) is 0 Å². The van der Waals surface area contributed by atoms with Crippen LogP contribution in [-0.4, -0.2) is 49.4 Å². The molecule has 0 atom stereocenters. The number of amides is 2. The van der Waals surface area contributed by atoms with Gasteiger partial charge in [-0.15, -0.1) is 0 Å². The Morgan fingerprint density at radius 3 is 2.38 bits per heavy atom. The first-order valence-corrected chi connectivity index (χ1v) is 11.2. The minimum Gasteiger partial charge on any atom is -0.354 e. The third kappa shape index (κ3) is 6.43. The molecule has 32 heavy (non-hydrogen) atoms. The second-order valence-corrected chi connectivity index (χ2v) is 9.25. The lowest BCUT2D eigenvalue weighted by Crippen LogP contribution is -2.44. The van der Waals surface area contributed by atoms with Crippen molar-refractivity contribution in [2.24, 2.45) is 11.3 Å². The Hall–Kier alpha value is -2.16. The van der Waals surface area contributed by atoms with E-state index in [1.165, 1.54) is 0 Å². The van der Waals surface area contributed by atoms with Gasteiger partial charge in [0, 0.05) is 30.6 Å². The molecule has 2 fully saturated rings. The van der Waals surface area contributed by atoms with Crippen molar-refractivity contribution in [1.29, 1.82) is 0 Å². The summed E-state index contributed by atoms with van der Waals surface area (Å²) in [6.45, 7) is 5.39. The molecule has 1 aromatic carbocycles. The molecule has 1 aliphatic carbocycles. The fourth-order valence-corrected chi connectivity index (χ4v) is 4.56. The van der Waals surface area contributed by atoms with Crippen molar-refractivity contribution < 1.29 is 27.2 Å². The number of likely N-dealkylation sites (tertiary alicyclic amines) is 1. The number of piperidine rings is 1. The number of nitrogens with zero attached hydrogens (tertiary/aromatic N) is 1. The van der Waals surface area contributed by atoms with Crippen LogP contribution in [0.15, 0.2) is 18.2 Å². The highest BCUT2D eigenvalue weighted by atomic mass is 19.4. The van der Waals surface area contributed by atoms with E-state index in [0.29, 0.717) is 25.2 Å². The molecule has 3 rings (SSSR count). The van der Waals surface area contributed by atoms with Gasteiger partial charge in [-0.2, -0.15) is 13.2 Å². The number of carbonyl (C=O) groups excluding carboxylic acids is 2. The molecule has 1 aliphatic heterocycles. The molecule has 2 amide bonds. The molecular weight excluding hydrogens is 426 g/mol. The van der Waals surface area contributed by atoms with Gasteiger partial charge in [-0.3, -0.25) is 9.59 Å². The SMILES string of the molecule is CC1(C(=O)NCCN2CCC(CNC(=O)c3cc(F)cc(C(F)(F)F)c3)CC2)CCCC1. The Labute approximate surface area is 185 Å². The van der Waals surface area contributed by atoms with Crippen LogP contribution < -0.4 is 10.6 Å². The van der Waals surface area contributed by atoms with E-state index in [1.807, 2.05) is 6.92 Å². The predicted molar refractivity (Wildman–Crippen MR) is 112 cm³/mol. The number of halogens is 4. The fraction of sp³-hybridized carbons (Fsp3) is 0.652. The largest absolute Gasteiger partial charge is 0.416 e. The van der Waals surface area contributed by atoms with E-state index in [0.717, 1.165) is 64.2 Å². The molecule has 2 N–H and O–H groups in total. The van der Waals surface area contributed by atoms with Gasteiger partial charge in [0.1, 0.15) is 5.82 Å². The summed E-state index contributed by atoms with van der Waals surface area (Å²) in [4.78, 5) is 26.9. The van der Waals surface area contributed by atoms with Gasteiger partial charge in [0.05, 0.1) is 5.56 Å². The van der Waals surface area contributed by atoms with E-state index in [1.54, 1.807) is 0 Å². The molecule has 0 radical (unpaired) electrons. The van der Waals surface area contributed by atoms with Crippen LogP contribution in [0.5, 0.6) is 0 Å². The first-order valence-electron chi connectivity index (χ1n) is 11.2. The topological polar surface area (TPSA) is 61.4 Å². The summed E-state index contributed by atoms with van der Waals surface area (Å²) in [5.74, 6) is -1.45. The number of hydrogen-bond donors (Lipinski definition) is 2. The van der Waals surface area contributed by atoms with Gasteiger partial charge in [-0.1, -0.05) is 19.8 Å². The zero-order valence-electron chi connectivity index (χ0n) is 18.4. The summed E-state index contributed by atoms with van der Waals surface area (Å²) in [6.07, 6.45) is 1.07. The van der Waals surface area contributed by atoms with Crippen molar-refractivity contribution in [2.45, 2.75) is 51.6 Å². The van der Waals surface area contributed by atoms with E-state index in [-0.39, 0.29) is 22.8 Å². The van der Waals surface area contributed by atoms with Crippen LogP contribution >= 0.6 is 0 Å². The second kappa shape index (κ2) is 10.2. The highest BCUT2D eigenvalue weighted by molar-refractivity contribution is 5.94. The van der Waals surface area contributed by atoms with Crippen molar-refractivity contribution in [1.82, 2.24) is 15.5 Å². The van der Waals surface area contributed by atoms with Crippen LogP contribution in [0.25, 0.3) is 0 Å². The van der Waals surface area contributed by atoms with Gasteiger partial charge < -0.3 is 15.5 Å². The minimum atomic E-state index is -4.71. The van der Waals surface area contributed by atoms with Crippen molar-refractivity contribution in [3.05, 3.63) is 35.1 Å². The molecule has 178 valence electrons. The summed E-state index contributed by atoms with van der Waals surface area (Å²) >= 11 is 0. The molecule has 1 aromatic rings. The third-order valence-electron chi connectivity index (χ3n) is 6.71. The number of hydrogen-bond acceptors (Lipinski definition) is 3. The Morgan fingerprint density at radius 1 is 1.09 bits per heavy atom. The zero-order valence-corrected chi connectivity index (χ0v) is 18.4. The summed E-state index contributed by atoms with van der Waals surface area (Å²) in [5, 5.41) is 5.69. The Morgan fingerprint density at radius 2 is 1.75 bits per heavy atom. The van der Waals surface area contributed by atoms with Crippen molar-refractivity contribution >= 4 is 11.8 Å². The molecule has 5 nitrogen and oxygen atoms in total. The average Bonchev–Trinajstić information content (AvgIpc) is 3.19. The maximum Gasteiger partial charge on any atom is 0.416 e. The maximum absolute atomic E-state index is 13.5. The average molecular weight is 458 g/mol. The maximum atomic E-state index is 13.5. The van der Waals surface area contributed by atoms with Gasteiger partial charge in [0.15, 0.2) is 0 Å². The molecule has 0 aromatic heterocycles. The molecule has 1 heterocycles. The van der Waals surface area contributed by atoms with Gasteiger partial charge in [-0.05, 0) is 62.9 Å². The molecule has 1 saturated carbocycles. The van der Waals surface area contributed by atoms with Crippen LogP contribution in [0.4, 0.5) is 17.6 Å². The number of rotatable bonds is 7. The number of benzene rings is 1. The van der Waals surface area contributed by atoms with E-state index in [9.17, 15) is 27.2 Å². The fourth-order valence-electron chi connectivity index (χ4n) is 4.56. The van der Waals surface area contributed by atoms with Crippen LogP contribution in [0.3, 0.4) is 0 Å². The molecule has 0 spiro atoms. The molecule has 0 unspecified atom stereocenters. The number of nitrogens with one attached hydrogen (secondary N) is 2.